The van der Waals surface area contributed by atoms with E-state index in [9.17, 15) is 18.0 Å². The number of rotatable bonds is 10. The number of benzene rings is 3. The lowest BCUT2D eigenvalue weighted by atomic mass is 10.1. The van der Waals surface area contributed by atoms with E-state index in [0.717, 1.165) is 9.87 Å². The van der Waals surface area contributed by atoms with Crippen molar-refractivity contribution in [2.75, 3.05) is 10.8 Å². The summed E-state index contributed by atoms with van der Waals surface area (Å²) in [6, 6.07) is 18.9. The molecule has 0 aliphatic carbocycles. The molecular weight excluding hydrogens is 569 g/mol. The maximum atomic E-state index is 14.1. The van der Waals surface area contributed by atoms with Gasteiger partial charge in [0.05, 0.1) is 10.6 Å². The molecule has 0 radical (unpaired) electrons. The van der Waals surface area contributed by atoms with E-state index in [1.807, 2.05) is 27.7 Å². The average molecular weight is 605 g/mol. The third kappa shape index (κ3) is 7.99. The molecule has 1 N–H and O–H groups in total. The van der Waals surface area contributed by atoms with E-state index in [0.29, 0.717) is 27.7 Å². The third-order valence-electron chi connectivity index (χ3n) is 6.19. The lowest BCUT2D eigenvalue weighted by molar-refractivity contribution is -0.141. The Morgan fingerprint density at radius 3 is 2.08 bits per heavy atom. The van der Waals surface area contributed by atoms with Crippen LogP contribution in [-0.4, -0.2) is 43.3 Å². The first-order chi connectivity index (χ1) is 18.7. The summed E-state index contributed by atoms with van der Waals surface area (Å²) >= 11 is 12.2. The van der Waals surface area contributed by atoms with E-state index in [1.54, 1.807) is 67.6 Å². The van der Waals surface area contributed by atoms with Gasteiger partial charge in [0.15, 0.2) is 0 Å². The fourth-order valence-corrected chi connectivity index (χ4v) is 6.14. The van der Waals surface area contributed by atoms with Gasteiger partial charge in [0.25, 0.3) is 10.0 Å². The molecule has 0 heterocycles. The number of carbonyl (C=O) groups excluding carboxylic acids is 2. The minimum Gasteiger partial charge on any atom is -0.350 e. The number of nitrogens with one attached hydrogen (secondary N) is 1. The number of nitrogens with zero attached hydrogens (tertiary/aromatic N) is 2. The monoisotopic (exact) mass is 603 g/mol. The Bertz CT molecular complexity index is 1440. The van der Waals surface area contributed by atoms with Gasteiger partial charge in [-0.2, -0.15) is 0 Å². The minimum absolute atomic E-state index is 0.0407. The number of hydrogen-bond acceptors (Lipinski definition) is 4. The Kier molecular flexibility index (Phi) is 10.3. The van der Waals surface area contributed by atoms with Gasteiger partial charge in [-0.05, 0) is 87.7 Å². The standard InChI is InChI=1S/C30H35Cl2N3O4S/c1-6-26(29(37)33-30(3,4)5)34(19-22-12-14-23(31)15-13-22)28(36)20-35(27-17-16-24(32)18-21(27)2)40(38,39)25-10-8-7-9-11-25/h7-18,26H,6,19-20H2,1-5H3,(H,33,37)/t26-/m0/s1. The highest BCUT2D eigenvalue weighted by molar-refractivity contribution is 7.92. The van der Waals surface area contributed by atoms with Crippen LogP contribution in [0.3, 0.4) is 0 Å². The maximum Gasteiger partial charge on any atom is 0.264 e. The van der Waals surface area contributed by atoms with Crippen molar-refractivity contribution in [3.05, 3.63) is 94.0 Å². The second-order valence-corrected chi connectivity index (χ2v) is 13.3. The van der Waals surface area contributed by atoms with Gasteiger partial charge in [-0.1, -0.05) is 60.5 Å². The van der Waals surface area contributed by atoms with Gasteiger partial charge in [-0.25, -0.2) is 8.42 Å². The fourth-order valence-electron chi connectivity index (χ4n) is 4.29. The summed E-state index contributed by atoms with van der Waals surface area (Å²) in [7, 11) is -4.15. The van der Waals surface area contributed by atoms with Crippen molar-refractivity contribution in [3.8, 4) is 0 Å². The van der Waals surface area contributed by atoms with Crippen LogP contribution in [0, 0.1) is 6.92 Å². The molecule has 40 heavy (non-hydrogen) atoms. The quantitative estimate of drug-likeness (QED) is 0.298. The second-order valence-electron chi connectivity index (χ2n) is 10.6. The summed E-state index contributed by atoms with van der Waals surface area (Å²) in [5.41, 5.74) is 1.13. The van der Waals surface area contributed by atoms with Crippen molar-refractivity contribution >= 4 is 50.7 Å². The molecule has 1 atom stereocenters. The number of aryl methyl sites for hydroxylation is 1. The number of carbonyl (C=O) groups is 2. The molecule has 3 aromatic carbocycles. The third-order valence-corrected chi connectivity index (χ3v) is 8.45. The van der Waals surface area contributed by atoms with Crippen molar-refractivity contribution in [2.24, 2.45) is 0 Å². The van der Waals surface area contributed by atoms with Gasteiger partial charge in [-0.15, -0.1) is 0 Å². The SMILES string of the molecule is CC[C@@H](C(=O)NC(C)(C)C)N(Cc1ccc(Cl)cc1)C(=O)CN(c1ccc(Cl)cc1C)S(=O)(=O)c1ccccc1. The molecule has 10 heteroatoms. The topological polar surface area (TPSA) is 86.8 Å². The lowest BCUT2D eigenvalue weighted by Crippen LogP contribution is -2.55. The van der Waals surface area contributed by atoms with Gasteiger partial charge >= 0.3 is 0 Å². The summed E-state index contributed by atoms with van der Waals surface area (Å²) in [6.45, 7) is 8.70. The molecule has 0 fully saturated rings. The number of anilines is 1. The van der Waals surface area contributed by atoms with Crippen LogP contribution in [-0.2, 0) is 26.2 Å². The predicted octanol–water partition coefficient (Wildman–Crippen LogP) is 6.22. The molecule has 3 rings (SSSR count). The Labute approximate surface area is 247 Å². The summed E-state index contributed by atoms with van der Waals surface area (Å²) in [4.78, 5) is 29.0. The molecule has 0 bridgehead atoms. The van der Waals surface area contributed by atoms with Crippen LogP contribution in [0.25, 0.3) is 0 Å². The second kappa shape index (κ2) is 13.1. The summed E-state index contributed by atoms with van der Waals surface area (Å²) < 4.78 is 28.9. The van der Waals surface area contributed by atoms with Crippen LogP contribution in [0.15, 0.2) is 77.7 Å². The maximum absolute atomic E-state index is 14.1. The van der Waals surface area contributed by atoms with E-state index >= 15 is 0 Å². The molecule has 0 saturated carbocycles. The van der Waals surface area contributed by atoms with E-state index in [2.05, 4.69) is 5.32 Å². The molecular formula is C30H35Cl2N3O4S. The Morgan fingerprint density at radius 2 is 1.52 bits per heavy atom. The van der Waals surface area contributed by atoms with E-state index in [1.165, 1.54) is 17.0 Å². The summed E-state index contributed by atoms with van der Waals surface area (Å²) in [6.07, 6.45) is 0.326. The number of halogens is 2. The highest BCUT2D eigenvalue weighted by atomic mass is 35.5. The van der Waals surface area contributed by atoms with Crippen LogP contribution < -0.4 is 9.62 Å². The van der Waals surface area contributed by atoms with Gasteiger partial charge in [0.2, 0.25) is 11.8 Å². The van der Waals surface area contributed by atoms with E-state index in [-0.39, 0.29) is 17.3 Å². The van der Waals surface area contributed by atoms with Crippen LogP contribution in [0.5, 0.6) is 0 Å². The number of amides is 2. The molecule has 0 aromatic heterocycles. The zero-order chi connectivity index (χ0) is 29.7. The average Bonchev–Trinajstić information content (AvgIpc) is 2.88. The Hall–Kier alpha value is -3.07. The molecule has 0 aliphatic heterocycles. The number of sulfonamides is 1. The predicted molar refractivity (Wildman–Crippen MR) is 161 cm³/mol. The van der Waals surface area contributed by atoms with Crippen LogP contribution >= 0.6 is 23.2 Å². The first kappa shape index (κ1) is 31.5. The van der Waals surface area contributed by atoms with Gasteiger partial charge < -0.3 is 10.2 Å². The highest BCUT2D eigenvalue weighted by Gasteiger charge is 2.35. The number of hydrogen-bond donors (Lipinski definition) is 1. The molecule has 3 aromatic rings. The van der Waals surface area contributed by atoms with Gasteiger partial charge in [-0.3, -0.25) is 13.9 Å². The van der Waals surface area contributed by atoms with Crippen molar-refractivity contribution in [1.29, 1.82) is 0 Å². The minimum atomic E-state index is -4.15. The molecule has 2 amide bonds. The van der Waals surface area contributed by atoms with Crippen molar-refractivity contribution in [3.63, 3.8) is 0 Å². The van der Waals surface area contributed by atoms with E-state index in [4.69, 9.17) is 23.2 Å². The first-order valence-corrected chi connectivity index (χ1v) is 15.1. The largest absolute Gasteiger partial charge is 0.350 e. The van der Waals surface area contributed by atoms with Gasteiger partial charge in [0.1, 0.15) is 12.6 Å². The summed E-state index contributed by atoms with van der Waals surface area (Å²) in [5, 5.41) is 3.94. The molecule has 0 saturated heterocycles. The molecule has 214 valence electrons. The van der Waals surface area contributed by atoms with Crippen molar-refractivity contribution in [1.82, 2.24) is 10.2 Å². The summed E-state index contributed by atoms with van der Waals surface area (Å²) in [5.74, 6) is -0.850. The van der Waals surface area contributed by atoms with Crippen LogP contribution in [0.2, 0.25) is 10.0 Å². The smallest absolute Gasteiger partial charge is 0.264 e. The fraction of sp³-hybridized carbons (Fsp3) is 0.333. The zero-order valence-corrected chi connectivity index (χ0v) is 25.6. The molecule has 7 nitrogen and oxygen atoms in total. The van der Waals surface area contributed by atoms with Crippen LogP contribution in [0.4, 0.5) is 5.69 Å². The lowest BCUT2D eigenvalue weighted by Gasteiger charge is -2.35. The van der Waals surface area contributed by atoms with Gasteiger partial charge in [0, 0.05) is 22.1 Å². The first-order valence-electron chi connectivity index (χ1n) is 12.9. The Morgan fingerprint density at radius 1 is 0.925 bits per heavy atom. The van der Waals surface area contributed by atoms with Crippen LogP contribution in [0.1, 0.15) is 45.2 Å². The molecule has 0 unspecified atom stereocenters. The molecule has 0 spiro atoms. The van der Waals surface area contributed by atoms with Crippen molar-refractivity contribution < 1.29 is 18.0 Å². The Balaban J connectivity index is 2.09. The van der Waals surface area contributed by atoms with E-state index < -0.39 is 34.1 Å². The molecule has 0 aliphatic rings. The van der Waals surface area contributed by atoms with Crippen molar-refractivity contribution in [2.45, 2.75) is 64.1 Å². The zero-order valence-electron chi connectivity index (χ0n) is 23.3. The highest BCUT2D eigenvalue weighted by Crippen LogP contribution is 2.29. The normalized spacial score (nSPS) is 12.5.